The topological polar surface area (TPSA) is 30.7 Å². The van der Waals surface area contributed by atoms with E-state index in [1.54, 1.807) is 0 Å². The third-order valence-corrected chi connectivity index (χ3v) is 9.54. The zero-order valence-corrected chi connectivity index (χ0v) is 25.4. The van der Waals surface area contributed by atoms with Crippen LogP contribution < -0.4 is 0 Å². The maximum absolute atomic E-state index is 5.48. The minimum absolute atomic E-state index is 0.720. The van der Waals surface area contributed by atoms with Gasteiger partial charge in [-0.1, -0.05) is 121 Å². The number of benzene rings is 8. The summed E-state index contributed by atoms with van der Waals surface area (Å²) in [7, 11) is 0. The first kappa shape index (κ1) is 26.0. The van der Waals surface area contributed by atoms with Gasteiger partial charge in [0.2, 0.25) is 0 Å². The van der Waals surface area contributed by atoms with Crippen LogP contribution in [0, 0.1) is 0 Å². The molecule has 3 heteroatoms. The van der Waals surface area contributed by atoms with E-state index in [0.29, 0.717) is 0 Å². The highest BCUT2D eigenvalue weighted by Crippen LogP contribution is 2.40. The summed E-state index contributed by atoms with van der Waals surface area (Å²) in [6, 6.07) is 58.5. The molecule has 0 spiro atoms. The summed E-state index contributed by atoms with van der Waals surface area (Å²) in [5, 5.41) is 10.6. The van der Waals surface area contributed by atoms with Crippen molar-refractivity contribution in [3.63, 3.8) is 0 Å². The summed E-state index contributed by atoms with van der Waals surface area (Å²) in [5.41, 5.74) is 6.59. The summed E-state index contributed by atoms with van der Waals surface area (Å²) >= 11 is 0. The van der Waals surface area contributed by atoms with Gasteiger partial charge in [0.1, 0.15) is 5.82 Å². The Balaban J connectivity index is 1.33. The van der Waals surface area contributed by atoms with Crippen molar-refractivity contribution >= 4 is 65.0 Å². The SMILES string of the molecule is c1ccc(-c2ccc3c(c2)c2cc4ccccc4cc2n3-c2nc(-c3cc4ccccc4c4ccccc34)nc3ccccc23)cc1. The van der Waals surface area contributed by atoms with Crippen LogP contribution in [0.3, 0.4) is 0 Å². The van der Waals surface area contributed by atoms with E-state index >= 15 is 0 Å². The van der Waals surface area contributed by atoms with Gasteiger partial charge in [0.05, 0.1) is 16.6 Å². The lowest BCUT2D eigenvalue weighted by Crippen LogP contribution is -2.03. The zero-order valence-electron chi connectivity index (χ0n) is 25.4. The molecule has 0 aliphatic rings. The Morgan fingerprint density at radius 1 is 0.362 bits per heavy atom. The molecule has 0 atom stereocenters. The number of aromatic nitrogens is 3. The van der Waals surface area contributed by atoms with Gasteiger partial charge >= 0.3 is 0 Å². The fraction of sp³-hybridized carbons (Fsp3) is 0. The highest BCUT2D eigenvalue weighted by Gasteiger charge is 2.20. The van der Waals surface area contributed by atoms with E-state index in [4.69, 9.17) is 9.97 Å². The normalized spacial score (nSPS) is 11.8. The maximum Gasteiger partial charge on any atom is 0.162 e. The minimum atomic E-state index is 0.720. The molecule has 10 rings (SSSR count). The Bertz CT molecular complexity index is 2850. The predicted octanol–water partition coefficient (Wildman–Crippen LogP) is 11.5. The predicted molar refractivity (Wildman–Crippen MR) is 197 cm³/mol. The first-order chi connectivity index (χ1) is 23.3. The Morgan fingerprint density at radius 3 is 1.83 bits per heavy atom. The van der Waals surface area contributed by atoms with Crippen molar-refractivity contribution in [1.29, 1.82) is 0 Å². The fourth-order valence-corrected chi connectivity index (χ4v) is 7.33. The molecule has 0 N–H and O–H groups in total. The lowest BCUT2D eigenvalue weighted by Gasteiger charge is -2.15. The second kappa shape index (κ2) is 10.1. The second-order valence-electron chi connectivity index (χ2n) is 12.2. The number of hydrogen-bond donors (Lipinski definition) is 0. The average molecular weight is 598 g/mol. The van der Waals surface area contributed by atoms with Crippen LogP contribution in [0.1, 0.15) is 0 Å². The highest BCUT2D eigenvalue weighted by molar-refractivity contribution is 6.16. The van der Waals surface area contributed by atoms with Crippen molar-refractivity contribution in [2.75, 3.05) is 0 Å². The van der Waals surface area contributed by atoms with Crippen LogP contribution >= 0.6 is 0 Å². The Kier molecular flexibility index (Phi) is 5.57. The third kappa shape index (κ3) is 4.00. The van der Waals surface area contributed by atoms with Gasteiger partial charge in [0.15, 0.2) is 5.82 Å². The monoisotopic (exact) mass is 597 g/mol. The number of fused-ring (bicyclic) bond motifs is 8. The van der Waals surface area contributed by atoms with Gasteiger partial charge in [0.25, 0.3) is 0 Å². The molecule has 10 aromatic rings. The van der Waals surface area contributed by atoms with Crippen LogP contribution in [-0.4, -0.2) is 14.5 Å². The maximum atomic E-state index is 5.48. The molecule has 3 nitrogen and oxygen atoms in total. The standard InChI is InChI=1S/C44H27N3/c1-2-12-28(13-3-1)31-22-23-41-37(25-31)38-24-29-14-4-5-15-30(29)27-42(38)47(41)44-36-20-10-11-21-40(36)45-43(46-44)39-26-32-16-6-7-17-33(32)34-18-8-9-19-35(34)39/h1-27H. The van der Waals surface area contributed by atoms with Crippen LogP contribution in [0.5, 0.6) is 0 Å². The number of para-hydroxylation sites is 1. The van der Waals surface area contributed by atoms with E-state index < -0.39 is 0 Å². The van der Waals surface area contributed by atoms with Gasteiger partial charge < -0.3 is 0 Å². The van der Waals surface area contributed by atoms with Crippen molar-refractivity contribution in [2.24, 2.45) is 0 Å². The molecular formula is C44H27N3. The van der Waals surface area contributed by atoms with Crippen molar-refractivity contribution in [3.8, 4) is 28.3 Å². The summed E-state index contributed by atoms with van der Waals surface area (Å²) in [5.74, 6) is 1.60. The first-order valence-electron chi connectivity index (χ1n) is 16.0. The summed E-state index contributed by atoms with van der Waals surface area (Å²) in [6.07, 6.45) is 0. The van der Waals surface area contributed by atoms with E-state index in [1.165, 1.54) is 48.8 Å². The molecule has 0 amide bonds. The molecule has 0 bridgehead atoms. The molecule has 0 radical (unpaired) electrons. The first-order valence-corrected chi connectivity index (χ1v) is 16.0. The van der Waals surface area contributed by atoms with Gasteiger partial charge in [-0.3, -0.25) is 4.57 Å². The quantitative estimate of drug-likeness (QED) is 0.190. The number of rotatable bonds is 3. The molecule has 47 heavy (non-hydrogen) atoms. The molecule has 0 saturated heterocycles. The van der Waals surface area contributed by atoms with Crippen LogP contribution in [0.15, 0.2) is 164 Å². The van der Waals surface area contributed by atoms with Crippen molar-refractivity contribution in [2.45, 2.75) is 0 Å². The van der Waals surface area contributed by atoms with Gasteiger partial charge in [0, 0.05) is 21.7 Å². The number of hydrogen-bond acceptors (Lipinski definition) is 2. The smallest absolute Gasteiger partial charge is 0.162 e. The molecule has 0 aliphatic carbocycles. The van der Waals surface area contributed by atoms with E-state index in [1.807, 2.05) is 0 Å². The lowest BCUT2D eigenvalue weighted by molar-refractivity contribution is 1.08. The van der Waals surface area contributed by atoms with Crippen molar-refractivity contribution < 1.29 is 0 Å². The fourth-order valence-electron chi connectivity index (χ4n) is 7.33. The molecular weight excluding hydrogens is 571 g/mol. The largest absolute Gasteiger partial charge is 0.293 e. The molecule has 2 aromatic heterocycles. The van der Waals surface area contributed by atoms with Gasteiger partial charge in [-0.2, -0.15) is 0 Å². The molecule has 0 saturated carbocycles. The molecule has 0 unspecified atom stereocenters. The Morgan fingerprint density at radius 2 is 1.00 bits per heavy atom. The molecule has 0 aliphatic heterocycles. The van der Waals surface area contributed by atoms with Gasteiger partial charge in [-0.15, -0.1) is 0 Å². The molecule has 0 fully saturated rings. The molecule has 218 valence electrons. The number of nitrogens with zero attached hydrogens (tertiary/aromatic N) is 3. The highest BCUT2D eigenvalue weighted by atomic mass is 15.1. The van der Waals surface area contributed by atoms with E-state index in [2.05, 4.69) is 168 Å². The minimum Gasteiger partial charge on any atom is -0.293 e. The zero-order chi connectivity index (χ0) is 30.9. The molecule has 2 heterocycles. The van der Waals surface area contributed by atoms with Crippen LogP contribution in [0.4, 0.5) is 0 Å². The summed E-state index contributed by atoms with van der Waals surface area (Å²) in [4.78, 5) is 10.7. The van der Waals surface area contributed by atoms with Crippen LogP contribution in [0.25, 0.3) is 93.4 Å². The Hall–Kier alpha value is -6.32. The van der Waals surface area contributed by atoms with Gasteiger partial charge in [-0.05, 0) is 85.9 Å². The van der Waals surface area contributed by atoms with Crippen LogP contribution in [0.2, 0.25) is 0 Å². The average Bonchev–Trinajstić information content (AvgIpc) is 3.45. The van der Waals surface area contributed by atoms with Crippen LogP contribution in [-0.2, 0) is 0 Å². The lowest BCUT2D eigenvalue weighted by atomic mass is 9.97. The third-order valence-electron chi connectivity index (χ3n) is 9.54. The summed E-state index contributed by atoms with van der Waals surface area (Å²) in [6.45, 7) is 0. The van der Waals surface area contributed by atoms with E-state index in [0.717, 1.165) is 44.5 Å². The van der Waals surface area contributed by atoms with Crippen molar-refractivity contribution in [3.05, 3.63) is 164 Å². The van der Waals surface area contributed by atoms with E-state index in [-0.39, 0.29) is 0 Å². The van der Waals surface area contributed by atoms with E-state index in [9.17, 15) is 0 Å². The Labute approximate surface area is 271 Å². The summed E-state index contributed by atoms with van der Waals surface area (Å²) < 4.78 is 2.35. The second-order valence-corrected chi connectivity index (χ2v) is 12.2. The molecule has 8 aromatic carbocycles. The van der Waals surface area contributed by atoms with Crippen molar-refractivity contribution in [1.82, 2.24) is 14.5 Å². The van der Waals surface area contributed by atoms with Gasteiger partial charge in [-0.25, -0.2) is 9.97 Å².